The lowest BCUT2D eigenvalue weighted by molar-refractivity contribution is 0.533. The normalized spacial score (nSPS) is 26.9. The first-order valence-corrected chi connectivity index (χ1v) is 7.21. The van der Waals surface area contributed by atoms with E-state index in [9.17, 15) is 12.8 Å². The van der Waals surface area contributed by atoms with Gasteiger partial charge in [-0.3, -0.25) is 0 Å². The van der Waals surface area contributed by atoms with E-state index in [0.29, 0.717) is 12.1 Å². The van der Waals surface area contributed by atoms with Crippen LogP contribution in [-0.4, -0.2) is 32.0 Å². The van der Waals surface area contributed by atoms with Crippen molar-refractivity contribution in [3.63, 3.8) is 0 Å². The topological polar surface area (TPSA) is 72.2 Å². The second kappa shape index (κ2) is 4.27. The maximum absolute atomic E-state index is 13.0. The van der Waals surface area contributed by atoms with Crippen LogP contribution in [0.3, 0.4) is 0 Å². The van der Waals surface area contributed by atoms with Crippen molar-refractivity contribution in [2.24, 2.45) is 5.73 Å². The lowest BCUT2D eigenvalue weighted by atomic mass is 9.99. The number of hydrogen-bond donors (Lipinski definition) is 2. The van der Waals surface area contributed by atoms with E-state index in [0.717, 1.165) is 0 Å². The molecule has 1 saturated heterocycles. The van der Waals surface area contributed by atoms with Crippen LogP contribution < -0.4 is 11.1 Å². The van der Waals surface area contributed by atoms with Crippen LogP contribution >= 0.6 is 0 Å². The molecular weight excluding hydrogens is 243 g/mol. The van der Waals surface area contributed by atoms with E-state index in [1.165, 1.54) is 12.1 Å². The van der Waals surface area contributed by atoms with Crippen molar-refractivity contribution in [1.29, 1.82) is 0 Å². The summed E-state index contributed by atoms with van der Waals surface area (Å²) in [7, 11) is -3.03. The lowest BCUT2D eigenvalue weighted by Gasteiger charge is -2.28. The Balaban J connectivity index is 2.22. The van der Waals surface area contributed by atoms with Gasteiger partial charge in [0.25, 0.3) is 0 Å². The molecule has 0 aliphatic carbocycles. The Morgan fingerprint density at radius 2 is 2.24 bits per heavy atom. The molecule has 0 aromatic heterocycles. The Kier molecular flexibility index (Phi) is 3.09. The average Bonchev–Trinajstić information content (AvgIpc) is 2.55. The van der Waals surface area contributed by atoms with Crippen LogP contribution in [0.2, 0.25) is 0 Å². The molecule has 1 heterocycles. The van der Waals surface area contributed by atoms with Crippen molar-refractivity contribution < 1.29 is 12.8 Å². The maximum Gasteiger partial charge on any atom is 0.152 e. The van der Waals surface area contributed by atoms with Crippen LogP contribution in [0.15, 0.2) is 24.3 Å². The van der Waals surface area contributed by atoms with Crippen molar-refractivity contribution in [3.05, 3.63) is 30.1 Å². The first kappa shape index (κ1) is 12.3. The molecule has 1 atom stereocenters. The third kappa shape index (κ3) is 2.76. The third-order valence-electron chi connectivity index (χ3n) is 3.01. The summed E-state index contributed by atoms with van der Waals surface area (Å²) in [5.74, 6) is -0.220. The van der Waals surface area contributed by atoms with Gasteiger partial charge >= 0.3 is 0 Å². The molecule has 1 aromatic rings. The molecule has 0 amide bonds. The molecule has 0 bridgehead atoms. The van der Waals surface area contributed by atoms with Crippen LogP contribution in [-0.2, 0) is 9.84 Å². The Labute approximate surface area is 99.9 Å². The number of sulfone groups is 1. The van der Waals surface area contributed by atoms with Crippen molar-refractivity contribution in [2.75, 3.05) is 23.4 Å². The zero-order valence-electron chi connectivity index (χ0n) is 9.32. The predicted molar refractivity (Wildman–Crippen MR) is 65.1 cm³/mol. The van der Waals surface area contributed by atoms with Gasteiger partial charge in [-0.05, 0) is 24.6 Å². The van der Waals surface area contributed by atoms with Crippen molar-refractivity contribution in [2.45, 2.75) is 12.0 Å². The third-order valence-corrected chi connectivity index (χ3v) is 4.83. The fraction of sp³-hybridized carbons (Fsp3) is 0.455. The minimum absolute atomic E-state index is 0.00696. The van der Waals surface area contributed by atoms with Crippen LogP contribution in [0, 0.1) is 5.82 Å². The highest BCUT2D eigenvalue weighted by atomic mass is 32.2. The molecule has 94 valence electrons. The monoisotopic (exact) mass is 258 g/mol. The molecule has 4 nitrogen and oxygen atoms in total. The zero-order valence-corrected chi connectivity index (χ0v) is 10.1. The van der Waals surface area contributed by atoms with E-state index < -0.39 is 15.4 Å². The molecule has 1 aliphatic rings. The van der Waals surface area contributed by atoms with Crippen molar-refractivity contribution >= 4 is 15.5 Å². The summed E-state index contributed by atoms with van der Waals surface area (Å²) in [5, 5.41) is 3.06. The van der Waals surface area contributed by atoms with Gasteiger partial charge in [0.05, 0.1) is 17.0 Å². The maximum atomic E-state index is 13.0. The first-order chi connectivity index (χ1) is 7.95. The van der Waals surface area contributed by atoms with E-state index >= 15 is 0 Å². The van der Waals surface area contributed by atoms with Gasteiger partial charge in [0.2, 0.25) is 0 Å². The summed E-state index contributed by atoms with van der Waals surface area (Å²) in [6, 6.07) is 5.95. The summed E-state index contributed by atoms with van der Waals surface area (Å²) in [5.41, 5.74) is 5.56. The Morgan fingerprint density at radius 1 is 1.47 bits per heavy atom. The van der Waals surface area contributed by atoms with Gasteiger partial charge in [-0.2, -0.15) is 0 Å². The number of halogens is 1. The number of nitrogens with one attached hydrogen (secondary N) is 1. The zero-order chi connectivity index (χ0) is 12.5. The molecule has 1 unspecified atom stereocenters. The van der Waals surface area contributed by atoms with Gasteiger partial charge in [0.15, 0.2) is 9.84 Å². The van der Waals surface area contributed by atoms with Crippen molar-refractivity contribution in [3.8, 4) is 0 Å². The molecule has 17 heavy (non-hydrogen) atoms. The van der Waals surface area contributed by atoms with Crippen LogP contribution in [0.4, 0.5) is 10.1 Å². The number of anilines is 1. The molecule has 1 aliphatic heterocycles. The lowest BCUT2D eigenvalue weighted by Crippen LogP contribution is -2.46. The van der Waals surface area contributed by atoms with Crippen LogP contribution in [0.1, 0.15) is 6.42 Å². The van der Waals surface area contributed by atoms with Gasteiger partial charge in [-0.1, -0.05) is 6.07 Å². The molecule has 1 aromatic carbocycles. The molecule has 0 radical (unpaired) electrons. The molecule has 0 saturated carbocycles. The number of benzene rings is 1. The van der Waals surface area contributed by atoms with Crippen LogP contribution in [0.25, 0.3) is 0 Å². The number of hydrogen-bond acceptors (Lipinski definition) is 4. The first-order valence-electron chi connectivity index (χ1n) is 5.39. The molecule has 0 spiro atoms. The van der Waals surface area contributed by atoms with Crippen molar-refractivity contribution in [1.82, 2.24) is 0 Å². The summed E-state index contributed by atoms with van der Waals surface area (Å²) in [6.07, 6.45) is 0.461. The highest BCUT2D eigenvalue weighted by Gasteiger charge is 2.41. The second-order valence-corrected chi connectivity index (χ2v) is 6.65. The largest absolute Gasteiger partial charge is 0.377 e. The second-order valence-electron chi connectivity index (χ2n) is 4.46. The fourth-order valence-electron chi connectivity index (χ4n) is 2.10. The Bertz CT molecular complexity index is 518. The summed E-state index contributed by atoms with van der Waals surface area (Å²) in [6.45, 7) is 0.211. The highest BCUT2D eigenvalue weighted by Crippen LogP contribution is 2.27. The molecule has 1 fully saturated rings. The standard InChI is InChI=1S/C11H15FN2O2S/c12-9-2-1-3-10(6-9)14-11(7-13)4-5-17(15,16)8-11/h1-3,6,14H,4-5,7-8,13H2. The SMILES string of the molecule is NCC1(Nc2cccc(F)c2)CCS(=O)(=O)C1. The molecular formula is C11H15FN2O2S. The van der Waals surface area contributed by atoms with E-state index in [1.54, 1.807) is 12.1 Å². The van der Waals surface area contributed by atoms with Gasteiger partial charge in [-0.25, -0.2) is 12.8 Å². The quantitative estimate of drug-likeness (QED) is 0.839. The summed E-state index contributed by atoms with van der Waals surface area (Å²) >= 11 is 0. The fourth-order valence-corrected chi connectivity index (χ4v) is 4.12. The minimum Gasteiger partial charge on any atom is -0.377 e. The summed E-state index contributed by atoms with van der Waals surface area (Å²) < 4.78 is 36.0. The van der Waals surface area contributed by atoms with Gasteiger partial charge < -0.3 is 11.1 Å². The van der Waals surface area contributed by atoms with Gasteiger partial charge in [0.1, 0.15) is 5.82 Å². The average molecular weight is 258 g/mol. The predicted octanol–water partition coefficient (Wildman–Crippen LogP) is 0.754. The van der Waals surface area contributed by atoms with Gasteiger partial charge in [-0.15, -0.1) is 0 Å². The summed E-state index contributed by atoms with van der Waals surface area (Å²) in [4.78, 5) is 0. The Morgan fingerprint density at radius 3 is 2.76 bits per heavy atom. The smallest absolute Gasteiger partial charge is 0.152 e. The van der Waals surface area contributed by atoms with E-state index in [-0.39, 0.29) is 23.9 Å². The Hall–Kier alpha value is -1.14. The van der Waals surface area contributed by atoms with Crippen LogP contribution in [0.5, 0.6) is 0 Å². The number of nitrogens with two attached hydrogens (primary N) is 1. The molecule has 3 N–H and O–H groups in total. The van der Waals surface area contributed by atoms with E-state index in [1.807, 2.05) is 0 Å². The highest BCUT2D eigenvalue weighted by molar-refractivity contribution is 7.91. The van der Waals surface area contributed by atoms with E-state index in [2.05, 4.69) is 5.32 Å². The molecule has 6 heteroatoms. The van der Waals surface area contributed by atoms with E-state index in [4.69, 9.17) is 5.73 Å². The molecule has 2 rings (SSSR count). The number of rotatable bonds is 3. The minimum atomic E-state index is -3.03. The van der Waals surface area contributed by atoms with Gasteiger partial charge in [0, 0.05) is 12.2 Å².